The fourth-order valence-electron chi connectivity index (χ4n) is 4.33. The average Bonchev–Trinajstić information content (AvgIpc) is 2.60. The Hall–Kier alpha value is -0.240. The van der Waals surface area contributed by atoms with Gasteiger partial charge in [-0.1, -0.05) is 35.7 Å². The largest absolute Gasteiger partial charge is 0.356 e. The molecule has 0 aromatic heterocycles. The maximum absolute atomic E-state index is 6.24. The quantitative estimate of drug-likeness (QED) is 0.253. The Morgan fingerprint density at radius 2 is 1.93 bits per heavy atom. The van der Waals surface area contributed by atoms with Crippen LogP contribution in [0, 0.1) is 0 Å². The zero-order valence-electron chi connectivity index (χ0n) is 16.2. The van der Waals surface area contributed by atoms with Crippen molar-refractivity contribution in [3.63, 3.8) is 0 Å². The normalized spacial score (nSPS) is 25.6. The zero-order valence-corrected chi connectivity index (χ0v) is 20.0. The maximum atomic E-state index is 6.24. The summed E-state index contributed by atoms with van der Waals surface area (Å²) < 4.78 is 0. The minimum Gasteiger partial charge on any atom is -0.356 e. The molecule has 1 aromatic carbocycles. The van der Waals surface area contributed by atoms with Crippen LogP contribution < -0.4 is 10.6 Å². The molecule has 0 amide bonds. The molecule has 2 fully saturated rings. The number of hydrogen-bond donors (Lipinski definition) is 2. The van der Waals surface area contributed by atoms with Gasteiger partial charge in [0.25, 0.3) is 0 Å². The Morgan fingerprint density at radius 3 is 2.56 bits per heavy atom. The molecule has 152 valence electrons. The Bertz CT molecular complexity index is 626. The molecule has 4 nitrogen and oxygen atoms in total. The topological polar surface area (TPSA) is 39.7 Å². The van der Waals surface area contributed by atoms with Gasteiger partial charge >= 0.3 is 0 Å². The summed E-state index contributed by atoms with van der Waals surface area (Å²) in [4.78, 5) is 7.00. The van der Waals surface area contributed by atoms with Crippen molar-refractivity contribution in [1.29, 1.82) is 0 Å². The SMILES string of the molecule is CN=C(NCCCc1ccc(Cl)cc1Cl)NC1CC2CCCC(C1)N2C.I. The van der Waals surface area contributed by atoms with Gasteiger partial charge in [-0.2, -0.15) is 0 Å². The van der Waals surface area contributed by atoms with E-state index >= 15 is 0 Å². The molecule has 7 heteroatoms. The van der Waals surface area contributed by atoms with E-state index in [0.717, 1.165) is 48.0 Å². The number of aryl methyl sites for hydroxylation is 1. The molecule has 1 aromatic rings. The van der Waals surface area contributed by atoms with Crippen LogP contribution in [-0.2, 0) is 6.42 Å². The van der Waals surface area contributed by atoms with E-state index in [2.05, 4.69) is 27.6 Å². The van der Waals surface area contributed by atoms with Crippen molar-refractivity contribution in [3.8, 4) is 0 Å². The summed E-state index contributed by atoms with van der Waals surface area (Å²) in [6.45, 7) is 0.873. The molecule has 2 unspecified atom stereocenters. The van der Waals surface area contributed by atoms with Crippen molar-refractivity contribution >= 4 is 53.1 Å². The van der Waals surface area contributed by atoms with Crippen LogP contribution in [0.25, 0.3) is 0 Å². The number of nitrogens with zero attached hydrogens (tertiary/aromatic N) is 2. The summed E-state index contributed by atoms with van der Waals surface area (Å²) in [5.74, 6) is 0.917. The Balaban J connectivity index is 0.00000261. The molecule has 2 aliphatic rings. The standard InChI is InChI=1S/C20H30Cl2N4.HI/c1-23-20(24-10-4-5-14-8-9-15(21)11-19(14)22)25-16-12-17-6-3-7-18(13-16)26(17)2;/h8-9,11,16-18H,3-7,10,12-13H2,1-2H3,(H2,23,24,25);1H. The first-order chi connectivity index (χ1) is 12.6. The molecule has 0 aliphatic carbocycles. The maximum Gasteiger partial charge on any atom is 0.191 e. The van der Waals surface area contributed by atoms with E-state index in [1.807, 2.05) is 25.2 Å². The van der Waals surface area contributed by atoms with Gasteiger partial charge < -0.3 is 15.5 Å². The molecule has 2 N–H and O–H groups in total. The number of halogens is 3. The summed E-state index contributed by atoms with van der Waals surface area (Å²) in [7, 11) is 4.14. The fourth-order valence-corrected chi connectivity index (χ4v) is 4.83. The summed E-state index contributed by atoms with van der Waals surface area (Å²) >= 11 is 12.2. The highest BCUT2D eigenvalue weighted by Gasteiger charge is 2.36. The number of nitrogens with one attached hydrogen (secondary N) is 2. The van der Waals surface area contributed by atoms with Crippen molar-refractivity contribution in [1.82, 2.24) is 15.5 Å². The molecular formula is C20H31Cl2IN4. The van der Waals surface area contributed by atoms with Crippen LogP contribution in [0.2, 0.25) is 10.0 Å². The van der Waals surface area contributed by atoms with E-state index in [1.165, 1.54) is 32.1 Å². The van der Waals surface area contributed by atoms with Crippen LogP contribution >= 0.6 is 47.2 Å². The number of aliphatic imine (C=N–C) groups is 1. The number of fused-ring (bicyclic) bond motifs is 2. The molecule has 2 atom stereocenters. The third-order valence-electron chi connectivity index (χ3n) is 5.83. The lowest BCUT2D eigenvalue weighted by molar-refractivity contribution is 0.0526. The van der Waals surface area contributed by atoms with Crippen molar-refractivity contribution in [2.45, 2.75) is 63.1 Å². The molecule has 0 saturated carbocycles. The van der Waals surface area contributed by atoms with Crippen LogP contribution in [-0.4, -0.2) is 49.6 Å². The lowest BCUT2D eigenvalue weighted by Crippen LogP contribution is -2.56. The number of rotatable bonds is 5. The second-order valence-corrected chi connectivity index (χ2v) is 8.40. The van der Waals surface area contributed by atoms with E-state index in [4.69, 9.17) is 23.2 Å². The van der Waals surface area contributed by atoms with E-state index < -0.39 is 0 Å². The van der Waals surface area contributed by atoms with Crippen molar-refractivity contribution < 1.29 is 0 Å². The number of guanidine groups is 1. The zero-order chi connectivity index (χ0) is 18.5. The Kier molecular flexibility index (Phi) is 9.45. The molecule has 3 rings (SSSR count). The minimum atomic E-state index is 0. The summed E-state index contributed by atoms with van der Waals surface area (Å²) in [6, 6.07) is 7.69. The van der Waals surface area contributed by atoms with E-state index in [0.29, 0.717) is 11.1 Å². The number of hydrogen-bond acceptors (Lipinski definition) is 2. The average molecular weight is 525 g/mol. The van der Waals surface area contributed by atoms with Crippen LogP contribution in [0.3, 0.4) is 0 Å². The predicted octanol–water partition coefficient (Wildman–Crippen LogP) is 4.72. The monoisotopic (exact) mass is 524 g/mol. The van der Waals surface area contributed by atoms with E-state index in [1.54, 1.807) is 0 Å². The van der Waals surface area contributed by atoms with E-state index in [-0.39, 0.29) is 24.0 Å². The van der Waals surface area contributed by atoms with Gasteiger partial charge in [0.05, 0.1) is 0 Å². The minimum absolute atomic E-state index is 0. The van der Waals surface area contributed by atoms with Crippen LogP contribution in [0.15, 0.2) is 23.2 Å². The lowest BCUT2D eigenvalue weighted by atomic mass is 9.82. The first-order valence-electron chi connectivity index (χ1n) is 9.70. The fraction of sp³-hybridized carbons (Fsp3) is 0.650. The Labute approximate surface area is 190 Å². The van der Waals surface area contributed by atoms with Gasteiger partial charge in [0, 0.05) is 41.8 Å². The molecule has 2 heterocycles. The van der Waals surface area contributed by atoms with E-state index in [9.17, 15) is 0 Å². The second-order valence-electron chi connectivity index (χ2n) is 7.55. The number of piperidine rings is 2. The van der Waals surface area contributed by atoms with Crippen molar-refractivity contribution in [2.24, 2.45) is 4.99 Å². The molecule has 2 bridgehead atoms. The second kappa shape index (κ2) is 11.1. The van der Waals surface area contributed by atoms with Crippen molar-refractivity contribution in [2.75, 3.05) is 20.6 Å². The van der Waals surface area contributed by atoms with Gasteiger partial charge in [-0.15, -0.1) is 24.0 Å². The summed E-state index contributed by atoms with van der Waals surface area (Å²) in [5, 5.41) is 8.52. The third kappa shape index (κ3) is 6.38. The third-order valence-corrected chi connectivity index (χ3v) is 6.42. The first kappa shape index (κ1) is 23.0. The molecule has 0 radical (unpaired) electrons. The van der Waals surface area contributed by atoms with Gasteiger partial charge in [-0.05, 0) is 63.3 Å². The van der Waals surface area contributed by atoms with Gasteiger partial charge in [0.15, 0.2) is 5.96 Å². The molecular weight excluding hydrogens is 494 g/mol. The highest BCUT2D eigenvalue weighted by molar-refractivity contribution is 14.0. The summed E-state index contributed by atoms with van der Waals surface area (Å²) in [5.41, 5.74) is 1.14. The van der Waals surface area contributed by atoms with Gasteiger partial charge in [-0.3, -0.25) is 4.99 Å². The molecule has 27 heavy (non-hydrogen) atoms. The van der Waals surface area contributed by atoms with Crippen LogP contribution in [0.5, 0.6) is 0 Å². The molecule has 0 spiro atoms. The van der Waals surface area contributed by atoms with Gasteiger partial charge in [-0.25, -0.2) is 0 Å². The van der Waals surface area contributed by atoms with Gasteiger partial charge in [0.1, 0.15) is 0 Å². The first-order valence-corrected chi connectivity index (χ1v) is 10.5. The van der Waals surface area contributed by atoms with Crippen LogP contribution in [0.1, 0.15) is 44.1 Å². The molecule has 2 aliphatic heterocycles. The van der Waals surface area contributed by atoms with Crippen LogP contribution in [0.4, 0.5) is 0 Å². The number of benzene rings is 1. The molecule has 2 saturated heterocycles. The van der Waals surface area contributed by atoms with Gasteiger partial charge in [0.2, 0.25) is 0 Å². The highest BCUT2D eigenvalue weighted by Crippen LogP contribution is 2.32. The highest BCUT2D eigenvalue weighted by atomic mass is 127. The lowest BCUT2D eigenvalue weighted by Gasteiger charge is -2.47. The Morgan fingerprint density at radius 1 is 1.22 bits per heavy atom. The smallest absolute Gasteiger partial charge is 0.191 e. The van der Waals surface area contributed by atoms with Crippen molar-refractivity contribution in [3.05, 3.63) is 33.8 Å². The predicted molar refractivity (Wildman–Crippen MR) is 127 cm³/mol. The summed E-state index contributed by atoms with van der Waals surface area (Å²) in [6.07, 6.45) is 8.41.